The highest BCUT2D eigenvalue weighted by atomic mass is 32.2. The fraction of sp³-hybridized carbons (Fsp3) is 0.211. The maximum atomic E-state index is 12.4. The highest BCUT2D eigenvalue weighted by molar-refractivity contribution is 7.98. The van der Waals surface area contributed by atoms with Crippen LogP contribution >= 0.6 is 11.8 Å². The van der Waals surface area contributed by atoms with Crippen LogP contribution in [-0.2, 0) is 5.75 Å². The Morgan fingerprint density at radius 1 is 1.28 bits per heavy atom. The van der Waals surface area contributed by atoms with Crippen LogP contribution in [0.15, 0.2) is 53.7 Å². The maximum absolute atomic E-state index is 12.4. The SMILES string of the molecule is CC(C#N)CNC(=O)c1ccccc1CSc1nc2ccccc2[nH]1. The Kier molecular flexibility index (Phi) is 5.36. The molecule has 1 aromatic heterocycles. The number of nitriles is 1. The van der Waals surface area contributed by atoms with Crippen LogP contribution in [0.4, 0.5) is 0 Å². The van der Waals surface area contributed by atoms with Crippen LogP contribution in [0.3, 0.4) is 0 Å². The van der Waals surface area contributed by atoms with Crippen molar-refractivity contribution in [3.8, 4) is 6.07 Å². The van der Waals surface area contributed by atoms with Crippen molar-refractivity contribution in [3.63, 3.8) is 0 Å². The van der Waals surface area contributed by atoms with Gasteiger partial charge in [-0.2, -0.15) is 5.26 Å². The number of nitrogens with one attached hydrogen (secondary N) is 2. The zero-order chi connectivity index (χ0) is 17.6. The van der Waals surface area contributed by atoms with Crippen molar-refractivity contribution in [1.82, 2.24) is 15.3 Å². The summed E-state index contributed by atoms with van der Waals surface area (Å²) in [6.07, 6.45) is 0. The number of hydrogen-bond acceptors (Lipinski definition) is 4. The molecule has 0 saturated carbocycles. The van der Waals surface area contributed by atoms with Gasteiger partial charge in [0.25, 0.3) is 5.91 Å². The monoisotopic (exact) mass is 350 g/mol. The normalized spacial score (nSPS) is 11.8. The number of amides is 1. The molecule has 0 fully saturated rings. The Hall–Kier alpha value is -2.78. The van der Waals surface area contributed by atoms with E-state index < -0.39 is 0 Å². The molecule has 0 saturated heterocycles. The van der Waals surface area contributed by atoms with Gasteiger partial charge in [0, 0.05) is 17.9 Å². The molecule has 2 N–H and O–H groups in total. The van der Waals surface area contributed by atoms with Gasteiger partial charge in [-0.15, -0.1) is 0 Å². The predicted octanol–water partition coefficient (Wildman–Crippen LogP) is 3.74. The van der Waals surface area contributed by atoms with E-state index >= 15 is 0 Å². The molecule has 3 aromatic rings. The predicted molar refractivity (Wildman–Crippen MR) is 99.2 cm³/mol. The number of aromatic amines is 1. The van der Waals surface area contributed by atoms with Gasteiger partial charge in [-0.3, -0.25) is 4.79 Å². The molecule has 0 aliphatic carbocycles. The number of fused-ring (bicyclic) bond motifs is 1. The Labute approximate surface area is 150 Å². The van der Waals surface area contributed by atoms with Crippen LogP contribution in [0.5, 0.6) is 0 Å². The molecule has 0 spiro atoms. The number of hydrogen-bond donors (Lipinski definition) is 2. The number of nitrogens with zero attached hydrogens (tertiary/aromatic N) is 2. The quantitative estimate of drug-likeness (QED) is 0.664. The van der Waals surface area contributed by atoms with Gasteiger partial charge in [-0.25, -0.2) is 4.98 Å². The summed E-state index contributed by atoms with van der Waals surface area (Å²) in [6.45, 7) is 2.13. The lowest BCUT2D eigenvalue weighted by Crippen LogP contribution is -2.28. The molecule has 6 heteroatoms. The molecule has 1 atom stereocenters. The maximum Gasteiger partial charge on any atom is 0.251 e. The van der Waals surface area contributed by atoms with Crippen molar-refractivity contribution in [2.75, 3.05) is 6.54 Å². The summed E-state index contributed by atoms with van der Waals surface area (Å²) < 4.78 is 0. The Morgan fingerprint density at radius 3 is 2.84 bits per heavy atom. The molecule has 0 aliphatic heterocycles. The number of carbonyl (C=O) groups excluding carboxylic acids is 1. The standard InChI is InChI=1S/C19H18N4OS/c1-13(10-20)11-21-18(24)15-7-3-2-6-14(15)12-25-19-22-16-8-4-5-9-17(16)23-19/h2-9,13H,11-12H2,1H3,(H,21,24)(H,22,23). The minimum atomic E-state index is -0.207. The lowest BCUT2D eigenvalue weighted by Gasteiger charge is -2.10. The van der Waals surface area contributed by atoms with E-state index in [1.54, 1.807) is 24.8 Å². The lowest BCUT2D eigenvalue weighted by molar-refractivity contribution is 0.0950. The first kappa shape index (κ1) is 17.1. The van der Waals surface area contributed by atoms with Crippen LogP contribution in [-0.4, -0.2) is 22.4 Å². The van der Waals surface area contributed by atoms with E-state index in [1.807, 2.05) is 42.5 Å². The lowest BCUT2D eigenvalue weighted by atomic mass is 10.1. The molecule has 3 rings (SSSR count). The molecule has 0 radical (unpaired) electrons. The van der Waals surface area contributed by atoms with E-state index in [1.165, 1.54) is 0 Å². The third kappa shape index (κ3) is 4.20. The minimum Gasteiger partial charge on any atom is -0.351 e. The van der Waals surface area contributed by atoms with Crippen molar-refractivity contribution in [3.05, 3.63) is 59.7 Å². The smallest absolute Gasteiger partial charge is 0.251 e. The number of rotatable bonds is 6. The van der Waals surface area contributed by atoms with Gasteiger partial charge in [0.1, 0.15) is 0 Å². The molecule has 0 bridgehead atoms. The van der Waals surface area contributed by atoms with E-state index in [0.29, 0.717) is 17.9 Å². The summed E-state index contributed by atoms with van der Waals surface area (Å²) in [5.41, 5.74) is 3.51. The van der Waals surface area contributed by atoms with Gasteiger partial charge in [-0.05, 0) is 30.7 Å². The van der Waals surface area contributed by atoms with Crippen LogP contribution in [0.2, 0.25) is 0 Å². The summed E-state index contributed by atoms with van der Waals surface area (Å²) in [4.78, 5) is 20.2. The molecule has 5 nitrogen and oxygen atoms in total. The second-order valence-corrected chi connectivity index (χ2v) is 6.71. The summed E-state index contributed by atoms with van der Waals surface area (Å²) in [7, 11) is 0. The topological polar surface area (TPSA) is 81.6 Å². The van der Waals surface area contributed by atoms with E-state index in [4.69, 9.17) is 5.26 Å². The second kappa shape index (κ2) is 7.86. The van der Waals surface area contributed by atoms with E-state index in [0.717, 1.165) is 21.8 Å². The molecular formula is C19H18N4OS. The number of para-hydroxylation sites is 2. The average molecular weight is 350 g/mol. The number of carbonyl (C=O) groups is 1. The third-order valence-electron chi connectivity index (χ3n) is 3.78. The van der Waals surface area contributed by atoms with Crippen LogP contribution in [0, 0.1) is 17.2 Å². The number of thioether (sulfide) groups is 1. The van der Waals surface area contributed by atoms with Gasteiger partial charge < -0.3 is 10.3 Å². The first-order chi connectivity index (χ1) is 12.2. The van der Waals surface area contributed by atoms with Crippen molar-refractivity contribution in [1.29, 1.82) is 5.26 Å². The van der Waals surface area contributed by atoms with Gasteiger partial charge in [0.15, 0.2) is 5.16 Å². The zero-order valence-corrected chi connectivity index (χ0v) is 14.6. The summed E-state index contributed by atoms with van der Waals surface area (Å²) in [6, 6.07) is 17.5. The summed E-state index contributed by atoms with van der Waals surface area (Å²) >= 11 is 1.56. The fourth-order valence-electron chi connectivity index (χ4n) is 2.40. The third-order valence-corrected chi connectivity index (χ3v) is 4.71. The number of benzene rings is 2. The average Bonchev–Trinajstić information content (AvgIpc) is 3.07. The van der Waals surface area contributed by atoms with E-state index in [2.05, 4.69) is 21.4 Å². The Bertz CT molecular complexity index is 895. The number of H-pyrrole nitrogens is 1. The molecule has 126 valence electrons. The molecule has 1 unspecified atom stereocenters. The van der Waals surface area contributed by atoms with Crippen molar-refractivity contribution in [2.45, 2.75) is 17.8 Å². The van der Waals surface area contributed by atoms with Gasteiger partial charge in [0.2, 0.25) is 0 Å². The van der Waals surface area contributed by atoms with Gasteiger partial charge in [-0.1, -0.05) is 42.1 Å². The Morgan fingerprint density at radius 2 is 2.04 bits per heavy atom. The van der Waals surface area contributed by atoms with Gasteiger partial charge >= 0.3 is 0 Å². The second-order valence-electron chi connectivity index (χ2n) is 5.75. The molecule has 0 aliphatic rings. The van der Waals surface area contributed by atoms with Crippen molar-refractivity contribution in [2.24, 2.45) is 5.92 Å². The summed E-state index contributed by atoms with van der Waals surface area (Å²) in [5, 5.41) is 12.5. The first-order valence-corrected chi connectivity index (χ1v) is 8.99. The molecule has 2 aromatic carbocycles. The summed E-state index contributed by atoms with van der Waals surface area (Å²) in [5.74, 6) is 0.279. The highest BCUT2D eigenvalue weighted by Gasteiger charge is 2.13. The zero-order valence-electron chi connectivity index (χ0n) is 13.8. The fourth-order valence-corrected chi connectivity index (χ4v) is 3.29. The first-order valence-electron chi connectivity index (χ1n) is 8.00. The van der Waals surface area contributed by atoms with Crippen LogP contribution in [0.1, 0.15) is 22.8 Å². The number of imidazole rings is 1. The van der Waals surface area contributed by atoms with Crippen LogP contribution in [0.25, 0.3) is 11.0 Å². The van der Waals surface area contributed by atoms with Gasteiger partial charge in [0.05, 0.1) is 23.0 Å². The van der Waals surface area contributed by atoms with E-state index in [-0.39, 0.29) is 11.8 Å². The minimum absolute atomic E-state index is 0.150. The van der Waals surface area contributed by atoms with Crippen LogP contribution < -0.4 is 5.32 Å². The largest absolute Gasteiger partial charge is 0.351 e. The molecule has 1 heterocycles. The number of aromatic nitrogens is 2. The highest BCUT2D eigenvalue weighted by Crippen LogP contribution is 2.24. The van der Waals surface area contributed by atoms with Crippen molar-refractivity contribution >= 4 is 28.7 Å². The van der Waals surface area contributed by atoms with E-state index in [9.17, 15) is 4.79 Å². The molecular weight excluding hydrogens is 332 g/mol. The molecule has 1 amide bonds. The Balaban J connectivity index is 1.70. The molecule has 25 heavy (non-hydrogen) atoms. The van der Waals surface area contributed by atoms with Crippen molar-refractivity contribution < 1.29 is 4.79 Å².